The van der Waals surface area contributed by atoms with E-state index in [9.17, 15) is 18.0 Å². The van der Waals surface area contributed by atoms with Gasteiger partial charge in [-0.15, -0.1) is 0 Å². The average molecular weight is 433 g/mol. The van der Waals surface area contributed by atoms with Gasteiger partial charge in [0.05, 0.1) is 30.4 Å². The van der Waals surface area contributed by atoms with Gasteiger partial charge in [-0.2, -0.15) is 13.2 Å². The van der Waals surface area contributed by atoms with E-state index >= 15 is 0 Å². The van der Waals surface area contributed by atoms with E-state index in [1.165, 1.54) is 6.07 Å². The molecule has 1 amide bonds. The molecule has 2 aromatic carbocycles. The van der Waals surface area contributed by atoms with Gasteiger partial charge in [0.2, 0.25) is 5.91 Å². The summed E-state index contributed by atoms with van der Waals surface area (Å²) in [4.78, 5) is 16.7. The van der Waals surface area contributed by atoms with Crippen LogP contribution in [0.3, 0.4) is 0 Å². The molecule has 166 valence electrons. The Labute approximate surface area is 179 Å². The zero-order chi connectivity index (χ0) is 22.0. The second kappa shape index (κ2) is 8.88. The number of benzene rings is 2. The van der Waals surface area contributed by atoms with Crippen molar-refractivity contribution in [3.63, 3.8) is 0 Å². The summed E-state index contributed by atoms with van der Waals surface area (Å²) in [6.07, 6.45) is -4.29. The Hall–Kier alpha value is -2.58. The number of fused-ring (bicyclic) bond motifs is 1. The number of likely N-dealkylation sites (N-methyl/N-ethyl adjacent to an activating group) is 1. The first-order valence-electron chi connectivity index (χ1n) is 10.5. The van der Waals surface area contributed by atoms with Gasteiger partial charge in [-0.05, 0) is 42.8 Å². The molecule has 1 atom stereocenters. The van der Waals surface area contributed by atoms with Gasteiger partial charge in [0.15, 0.2) is 0 Å². The van der Waals surface area contributed by atoms with E-state index in [-0.39, 0.29) is 12.1 Å². The van der Waals surface area contributed by atoms with Crippen molar-refractivity contribution >= 4 is 17.3 Å². The SMILES string of the molecule is CN1CCN(c2ccc(NC(=O)CC3OCCc4ccccc43)c(C(F)(F)F)c2)CC1. The number of rotatable bonds is 4. The number of ether oxygens (including phenoxy) is 1. The van der Waals surface area contributed by atoms with Crippen molar-refractivity contribution < 1.29 is 22.7 Å². The fourth-order valence-electron chi connectivity index (χ4n) is 4.15. The molecule has 31 heavy (non-hydrogen) atoms. The molecule has 0 bridgehead atoms. The van der Waals surface area contributed by atoms with Crippen LogP contribution in [0.2, 0.25) is 0 Å². The van der Waals surface area contributed by atoms with Crippen molar-refractivity contribution in [2.24, 2.45) is 0 Å². The maximum Gasteiger partial charge on any atom is 0.418 e. The third-order valence-corrected chi connectivity index (χ3v) is 5.91. The molecule has 5 nitrogen and oxygen atoms in total. The van der Waals surface area contributed by atoms with E-state index in [2.05, 4.69) is 10.2 Å². The molecule has 0 aromatic heterocycles. The van der Waals surface area contributed by atoms with Crippen LogP contribution < -0.4 is 10.2 Å². The molecule has 4 rings (SSSR count). The topological polar surface area (TPSA) is 44.8 Å². The number of carbonyl (C=O) groups is 1. The highest BCUT2D eigenvalue weighted by atomic mass is 19.4. The van der Waals surface area contributed by atoms with Gasteiger partial charge in [0.25, 0.3) is 0 Å². The monoisotopic (exact) mass is 433 g/mol. The number of amides is 1. The highest BCUT2D eigenvalue weighted by molar-refractivity contribution is 5.92. The van der Waals surface area contributed by atoms with E-state index in [0.29, 0.717) is 25.4 Å². The Kier molecular flexibility index (Phi) is 6.20. The average Bonchev–Trinajstić information content (AvgIpc) is 2.74. The third-order valence-electron chi connectivity index (χ3n) is 5.91. The summed E-state index contributed by atoms with van der Waals surface area (Å²) in [7, 11) is 1.99. The molecule has 0 spiro atoms. The van der Waals surface area contributed by atoms with E-state index in [1.54, 1.807) is 6.07 Å². The summed E-state index contributed by atoms with van der Waals surface area (Å²) < 4.78 is 47.0. The number of hydrogen-bond donors (Lipinski definition) is 1. The predicted octanol–water partition coefficient (Wildman–Crippen LogP) is 4.10. The molecule has 2 aliphatic rings. The first kappa shape index (κ1) is 21.6. The zero-order valence-corrected chi connectivity index (χ0v) is 17.4. The molecule has 0 aliphatic carbocycles. The molecule has 2 aliphatic heterocycles. The minimum absolute atomic E-state index is 0.0332. The van der Waals surface area contributed by atoms with Gasteiger partial charge in [-0.1, -0.05) is 24.3 Å². The molecular formula is C23H26F3N3O2. The largest absolute Gasteiger partial charge is 0.418 e. The Balaban J connectivity index is 1.50. The van der Waals surface area contributed by atoms with Crippen LogP contribution in [0.4, 0.5) is 24.5 Å². The summed E-state index contributed by atoms with van der Waals surface area (Å²) in [6, 6.07) is 11.8. The van der Waals surface area contributed by atoms with Crippen molar-refractivity contribution in [3.05, 3.63) is 59.2 Å². The number of alkyl halides is 3. The van der Waals surface area contributed by atoms with Crippen LogP contribution in [0, 0.1) is 0 Å². The molecular weight excluding hydrogens is 407 g/mol. The van der Waals surface area contributed by atoms with Crippen molar-refractivity contribution in [1.29, 1.82) is 0 Å². The van der Waals surface area contributed by atoms with Gasteiger partial charge in [-0.25, -0.2) is 0 Å². The summed E-state index contributed by atoms with van der Waals surface area (Å²) in [5, 5.41) is 2.47. The van der Waals surface area contributed by atoms with Gasteiger partial charge in [0.1, 0.15) is 0 Å². The Morgan fingerprint density at radius 2 is 1.87 bits per heavy atom. The van der Waals surface area contributed by atoms with Gasteiger partial charge >= 0.3 is 6.18 Å². The van der Waals surface area contributed by atoms with E-state index in [0.717, 1.165) is 36.7 Å². The second-order valence-corrected chi connectivity index (χ2v) is 8.08. The predicted molar refractivity (Wildman–Crippen MR) is 113 cm³/mol. The van der Waals surface area contributed by atoms with Crippen molar-refractivity contribution in [1.82, 2.24) is 4.90 Å². The molecule has 1 unspecified atom stereocenters. The van der Waals surface area contributed by atoms with Crippen LogP contribution >= 0.6 is 0 Å². The molecule has 2 aromatic rings. The van der Waals surface area contributed by atoms with Crippen molar-refractivity contribution in [3.8, 4) is 0 Å². The first-order chi connectivity index (χ1) is 14.8. The number of nitrogens with zero attached hydrogens (tertiary/aromatic N) is 2. The lowest BCUT2D eigenvalue weighted by molar-refractivity contribution is -0.137. The van der Waals surface area contributed by atoms with E-state index in [4.69, 9.17) is 4.74 Å². The lowest BCUT2D eigenvalue weighted by Crippen LogP contribution is -2.44. The van der Waals surface area contributed by atoms with Crippen molar-refractivity contribution in [2.75, 3.05) is 50.1 Å². The van der Waals surface area contributed by atoms with Crippen LogP contribution in [-0.4, -0.2) is 50.6 Å². The van der Waals surface area contributed by atoms with Crippen LogP contribution in [0.1, 0.15) is 29.2 Å². The minimum Gasteiger partial charge on any atom is -0.373 e. The molecule has 1 saturated heterocycles. The molecule has 1 N–H and O–H groups in total. The van der Waals surface area contributed by atoms with Gasteiger partial charge in [-0.3, -0.25) is 4.79 Å². The first-order valence-corrected chi connectivity index (χ1v) is 10.5. The van der Waals surface area contributed by atoms with Crippen LogP contribution in [-0.2, 0) is 22.1 Å². The summed E-state index contributed by atoms with van der Waals surface area (Å²) >= 11 is 0. The number of hydrogen-bond acceptors (Lipinski definition) is 4. The number of carbonyl (C=O) groups excluding carboxylic acids is 1. The fourth-order valence-corrected chi connectivity index (χ4v) is 4.15. The molecule has 8 heteroatoms. The summed E-state index contributed by atoms with van der Waals surface area (Å²) in [5.74, 6) is -0.500. The molecule has 2 heterocycles. The van der Waals surface area contributed by atoms with Crippen LogP contribution in [0.25, 0.3) is 0 Å². The standard InChI is InChI=1S/C23H26F3N3O2/c1-28-9-11-29(12-10-28)17-6-7-20(19(14-17)23(24,25)26)27-22(30)15-21-18-5-3-2-4-16(18)8-13-31-21/h2-7,14,21H,8-13,15H2,1H3,(H,27,30). The number of anilines is 2. The van der Waals surface area contributed by atoms with E-state index in [1.807, 2.05) is 36.2 Å². The summed E-state index contributed by atoms with van der Waals surface area (Å²) in [6.45, 7) is 3.41. The normalized spacial score (nSPS) is 19.7. The smallest absolute Gasteiger partial charge is 0.373 e. The fraction of sp³-hybridized carbons (Fsp3) is 0.435. The maximum atomic E-state index is 13.8. The lowest BCUT2D eigenvalue weighted by Gasteiger charge is -2.34. The molecule has 0 saturated carbocycles. The number of halogens is 3. The quantitative estimate of drug-likeness (QED) is 0.789. The second-order valence-electron chi connectivity index (χ2n) is 8.08. The number of piperazine rings is 1. The Morgan fingerprint density at radius 1 is 1.13 bits per heavy atom. The number of nitrogens with one attached hydrogen (secondary N) is 1. The van der Waals surface area contributed by atoms with Crippen LogP contribution in [0.15, 0.2) is 42.5 Å². The molecule has 1 fully saturated rings. The Bertz CT molecular complexity index is 940. The molecule has 0 radical (unpaired) electrons. The van der Waals surface area contributed by atoms with E-state index < -0.39 is 23.8 Å². The van der Waals surface area contributed by atoms with Gasteiger partial charge < -0.3 is 19.9 Å². The highest BCUT2D eigenvalue weighted by Crippen LogP contribution is 2.38. The Morgan fingerprint density at radius 3 is 2.61 bits per heavy atom. The van der Waals surface area contributed by atoms with Crippen molar-refractivity contribution in [2.45, 2.75) is 25.1 Å². The maximum absolute atomic E-state index is 13.8. The van der Waals surface area contributed by atoms with Gasteiger partial charge in [0, 0.05) is 31.9 Å². The summed E-state index contributed by atoms with van der Waals surface area (Å²) in [5.41, 5.74) is 1.49. The highest BCUT2D eigenvalue weighted by Gasteiger charge is 2.35. The lowest BCUT2D eigenvalue weighted by atomic mass is 9.95. The third kappa shape index (κ3) is 5.02. The zero-order valence-electron chi connectivity index (χ0n) is 17.4. The minimum atomic E-state index is -4.57. The van der Waals surface area contributed by atoms with Crippen LogP contribution in [0.5, 0.6) is 0 Å².